The minimum atomic E-state index is 0.439. The van der Waals surface area contributed by atoms with E-state index >= 15 is 0 Å². The molecule has 6 heteroatoms. The van der Waals surface area contributed by atoms with E-state index in [0.29, 0.717) is 6.04 Å². The van der Waals surface area contributed by atoms with E-state index in [1.54, 1.807) is 6.33 Å². The average molecular weight is 369 g/mol. The number of hydrogen-bond donors (Lipinski definition) is 2. The maximum atomic E-state index is 4.78. The van der Waals surface area contributed by atoms with Crippen LogP contribution in [0.1, 0.15) is 50.1 Å². The fourth-order valence-corrected chi connectivity index (χ4v) is 3.55. The van der Waals surface area contributed by atoms with Crippen molar-refractivity contribution in [1.29, 1.82) is 0 Å². The second kappa shape index (κ2) is 10.1. The van der Waals surface area contributed by atoms with E-state index in [0.717, 1.165) is 69.9 Å². The number of unbranched alkanes of at least 4 members (excludes halogenated alkanes) is 1. The highest BCUT2D eigenvalue weighted by Crippen LogP contribution is 2.20. The number of fused-ring (bicyclic) bond motifs is 1. The van der Waals surface area contributed by atoms with Gasteiger partial charge in [0.15, 0.2) is 5.96 Å². The Hall–Kier alpha value is -2.37. The molecule has 0 saturated heterocycles. The molecule has 1 aromatic heterocycles. The summed E-state index contributed by atoms with van der Waals surface area (Å²) >= 11 is 0. The fourth-order valence-electron chi connectivity index (χ4n) is 3.55. The molecule has 1 heterocycles. The van der Waals surface area contributed by atoms with Crippen molar-refractivity contribution in [1.82, 2.24) is 25.4 Å². The van der Waals surface area contributed by atoms with Gasteiger partial charge in [0.1, 0.15) is 12.2 Å². The van der Waals surface area contributed by atoms with Gasteiger partial charge in [-0.2, -0.15) is 0 Å². The lowest BCUT2D eigenvalue weighted by Crippen LogP contribution is -2.46. The van der Waals surface area contributed by atoms with E-state index in [1.807, 2.05) is 0 Å². The Morgan fingerprint density at radius 1 is 1.26 bits per heavy atom. The van der Waals surface area contributed by atoms with Gasteiger partial charge in [0.2, 0.25) is 0 Å². The lowest BCUT2D eigenvalue weighted by atomic mass is 9.88. The first-order valence-electron chi connectivity index (χ1n) is 10.3. The molecule has 0 amide bonds. The van der Waals surface area contributed by atoms with Gasteiger partial charge in [0.25, 0.3) is 0 Å². The Labute approximate surface area is 162 Å². The molecule has 27 heavy (non-hydrogen) atoms. The summed E-state index contributed by atoms with van der Waals surface area (Å²) in [6, 6.07) is 9.23. The first-order chi connectivity index (χ1) is 13.3. The van der Waals surface area contributed by atoms with Crippen molar-refractivity contribution in [3.05, 3.63) is 47.5 Å². The number of hydrogen-bond acceptors (Lipinski definition) is 3. The number of aliphatic imine (C=N–C) groups is 1. The molecule has 2 aromatic rings. The Bertz CT molecular complexity index is 736. The number of nitrogens with one attached hydrogen (secondary N) is 2. The molecule has 1 aliphatic rings. The summed E-state index contributed by atoms with van der Waals surface area (Å²) in [5.74, 6) is 1.96. The van der Waals surface area contributed by atoms with Crippen molar-refractivity contribution in [3.63, 3.8) is 0 Å². The molecule has 0 saturated carbocycles. The first-order valence-corrected chi connectivity index (χ1v) is 10.3. The summed E-state index contributed by atoms with van der Waals surface area (Å²) in [5.41, 5.74) is 2.96. The topological polar surface area (TPSA) is 67.1 Å². The van der Waals surface area contributed by atoms with Crippen LogP contribution in [0.15, 0.2) is 35.6 Å². The van der Waals surface area contributed by atoms with Gasteiger partial charge in [-0.15, -0.1) is 10.2 Å². The molecule has 146 valence electrons. The molecular weight excluding hydrogens is 336 g/mol. The molecule has 1 unspecified atom stereocenters. The molecule has 1 aliphatic carbocycles. The predicted molar refractivity (Wildman–Crippen MR) is 110 cm³/mol. The molecular formula is C21H32N6. The number of aryl methyl sites for hydroxylation is 2. The fraction of sp³-hybridized carbons (Fsp3) is 0.571. The smallest absolute Gasteiger partial charge is 0.191 e. The number of guanidine groups is 1. The summed E-state index contributed by atoms with van der Waals surface area (Å²) < 4.78 is 2.10. The molecule has 0 fully saturated rings. The zero-order chi connectivity index (χ0) is 18.9. The van der Waals surface area contributed by atoms with Gasteiger partial charge in [-0.25, -0.2) is 0 Å². The number of benzene rings is 1. The van der Waals surface area contributed by atoms with Crippen LogP contribution in [-0.2, 0) is 25.8 Å². The van der Waals surface area contributed by atoms with E-state index < -0.39 is 0 Å². The van der Waals surface area contributed by atoms with Crippen LogP contribution in [0.25, 0.3) is 0 Å². The third-order valence-electron chi connectivity index (χ3n) is 5.13. The highest BCUT2D eigenvalue weighted by molar-refractivity contribution is 5.80. The van der Waals surface area contributed by atoms with Crippen molar-refractivity contribution in [2.45, 2.75) is 65.0 Å². The van der Waals surface area contributed by atoms with Gasteiger partial charge < -0.3 is 15.2 Å². The monoisotopic (exact) mass is 368 g/mol. The Morgan fingerprint density at radius 3 is 2.93 bits per heavy atom. The minimum Gasteiger partial charge on any atom is -0.355 e. The zero-order valence-corrected chi connectivity index (χ0v) is 16.6. The van der Waals surface area contributed by atoms with Crippen LogP contribution in [-0.4, -0.2) is 39.9 Å². The predicted octanol–water partition coefficient (Wildman–Crippen LogP) is 2.73. The minimum absolute atomic E-state index is 0.439. The summed E-state index contributed by atoms with van der Waals surface area (Å²) in [4.78, 5) is 4.78. The van der Waals surface area contributed by atoms with Crippen molar-refractivity contribution < 1.29 is 0 Å². The molecule has 1 atom stereocenters. The highest BCUT2D eigenvalue weighted by atomic mass is 15.3. The van der Waals surface area contributed by atoms with Crippen LogP contribution < -0.4 is 10.6 Å². The van der Waals surface area contributed by atoms with E-state index in [-0.39, 0.29) is 0 Å². The normalized spacial score (nSPS) is 16.8. The van der Waals surface area contributed by atoms with E-state index in [9.17, 15) is 0 Å². The van der Waals surface area contributed by atoms with Gasteiger partial charge in [0, 0.05) is 32.1 Å². The van der Waals surface area contributed by atoms with E-state index in [2.05, 4.69) is 63.5 Å². The van der Waals surface area contributed by atoms with Gasteiger partial charge in [-0.3, -0.25) is 4.99 Å². The molecule has 6 nitrogen and oxygen atoms in total. The highest BCUT2D eigenvalue weighted by Gasteiger charge is 2.19. The Kier molecular flexibility index (Phi) is 7.25. The first kappa shape index (κ1) is 19.4. The third kappa shape index (κ3) is 5.55. The standard InChI is InChI=1S/C21H32N6/c1-3-5-12-22-21(23-13-14-27-16-24-26-20(27)4-2)25-19-11-10-17-8-6-7-9-18(17)15-19/h6-9,16,19H,3-5,10-15H2,1-2H3,(H2,22,23,25). The summed E-state index contributed by atoms with van der Waals surface area (Å²) in [6.07, 6.45) is 8.33. The lowest BCUT2D eigenvalue weighted by Gasteiger charge is -2.27. The maximum Gasteiger partial charge on any atom is 0.191 e. The van der Waals surface area contributed by atoms with E-state index in [1.165, 1.54) is 11.1 Å². The second-order valence-electron chi connectivity index (χ2n) is 7.16. The Balaban J connectivity index is 1.56. The quantitative estimate of drug-likeness (QED) is 0.427. The number of aromatic nitrogens is 3. The van der Waals surface area contributed by atoms with Crippen LogP contribution >= 0.6 is 0 Å². The molecule has 0 spiro atoms. The van der Waals surface area contributed by atoms with Crippen LogP contribution in [0.5, 0.6) is 0 Å². The van der Waals surface area contributed by atoms with Crippen molar-refractivity contribution in [3.8, 4) is 0 Å². The van der Waals surface area contributed by atoms with Crippen molar-refractivity contribution in [2.75, 3.05) is 13.1 Å². The molecule has 0 aliphatic heterocycles. The largest absolute Gasteiger partial charge is 0.355 e. The average Bonchev–Trinajstić information content (AvgIpc) is 3.15. The molecule has 2 N–H and O–H groups in total. The number of rotatable bonds is 8. The van der Waals surface area contributed by atoms with E-state index in [4.69, 9.17) is 4.99 Å². The molecule has 0 bridgehead atoms. The summed E-state index contributed by atoms with van der Waals surface area (Å²) in [6.45, 7) is 6.83. The maximum absolute atomic E-state index is 4.78. The van der Waals surface area contributed by atoms with Crippen LogP contribution in [0.2, 0.25) is 0 Å². The van der Waals surface area contributed by atoms with Crippen LogP contribution in [0.3, 0.4) is 0 Å². The zero-order valence-electron chi connectivity index (χ0n) is 16.6. The van der Waals surface area contributed by atoms with Gasteiger partial charge in [0.05, 0.1) is 0 Å². The van der Waals surface area contributed by atoms with Crippen LogP contribution in [0.4, 0.5) is 0 Å². The molecule has 3 rings (SSSR count). The van der Waals surface area contributed by atoms with Gasteiger partial charge in [-0.1, -0.05) is 44.5 Å². The van der Waals surface area contributed by atoms with Crippen LogP contribution in [0, 0.1) is 0 Å². The van der Waals surface area contributed by atoms with Gasteiger partial charge >= 0.3 is 0 Å². The van der Waals surface area contributed by atoms with Crippen molar-refractivity contribution in [2.24, 2.45) is 4.99 Å². The Morgan fingerprint density at radius 2 is 2.11 bits per heavy atom. The molecule has 0 radical (unpaired) electrons. The lowest BCUT2D eigenvalue weighted by molar-refractivity contribution is 0.517. The summed E-state index contributed by atoms with van der Waals surface area (Å²) in [7, 11) is 0. The summed E-state index contributed by atoms with van der Waals surface area (Å²) in [5, 5.41) is 15.3. The number of nitrogens with zero attached hydrogens (tertiary/aromatic N) is 4. The molecule has 1 aromatic carbocycles. The second-order valence-corrected chi connectivity index (χ2v) is 7.16. The van der Waals surface area contributed by atoms with Gasteiger partial charge in [-0.05, 0) is 36.8 Å². The van der Waals surface area contributed by atoms with Crippen molar-refractivity contribution >= 4 is 5.96 Å². The third-order valence-corrected chi connectivity index (χ3v) is 5.13. The SMILES string of the molecule is CCCCN=C(NCCn1cnnc1CC)NC1CCc2ccccc2C1.